The smallest absolute Gasteiger partial charge is 0.227 e. The van der Waals surface area contributed by atoms with Gasteiger partial charge >= 0.3 is 0 Å². The average Bonchev–Trinajstić information content (AvgIpc) is 2.41. The molecule has 5 nitrogen and oxygen atoms in total. The maximum absolute atomic E-state index is 10.0. The largest absolute Gasteiger partial charge is 0.504 e. The minimum Gasteiger partial charge on any atom is -0.504 e. The third kappa shape index (κ3) is 5.90. The van der Waals surface area contributed by atoms with E-state index in [0.29, 0.717) is 24.3 Å². The van der Waals surface area contributed by atoms with Crippen molar-refractivity contribution in [3.63, 3.8) is 0 Å². The van der Waals surface area contributed by atoms with Gasteiger partial charge in [0, 0.05) is 0 Å². The molecule has 2 N–H and O–H groups in total. The lowest BCUT2D eigenvalue weighted by Crippen LogP contribution is -2.01. The summed E-state index contributed by atoms with van der Waals surface area (Å²) < 4.78 is 5.50. The fourth-order valence-corrected chi connectivity index (χ4v) is 1.59. The summed E-state index contributed by atoms with van der Waals surface area (Å²) in [6.07, 6.45) is 6.44. The van der Waals surface area contributed by atoms with Crippen molar-refractivity contribution in [3.05, 3.63) is 23.8 Å². The van der Waals surface area contributed by atoms with E-state index in [1.807, 2.05) is 0 Å². The lowest BCUT2D eigenvalue weighted by molar-refractivity contribution is -0.109. The third-order valence-electron chi connectivity index (χ3n) is 2.58. The molecule has 0 aliphatic rings. The number of nitrogens with zero attached hydrogens (tertiary/aromatic N) is 1. The number of amides is 1. The van der Waals surface area contributed by atoms with E-state index in [1.165, 1.54) is 25.1 Å². The fraction of sp³-hybridized carbons (Fsp3) is 0.429. The first-order valence-electron chi connectivity index (χ1n) is 6.46. The van der Waals surface area contributed by atoms with Crippen LogP contribution < -0.4 is 10.2 Å². The Kier molecular flexibility index (Phi) is 7.09. The van der Waals surface area contributed by atoms with E-state index >= 15 is 0 Å². The monoisotopic (exact) mass is 264 g/mol. The Morgan fingerprint density at radius 3 is 2.89 bits per heavy atom. The van der Waals surface area contributed by atoms with Gasteiger partial charge in [0.15, 0.2) is 11.5 Å². The van der Waals surface area contributed by atoms with Crippen molar-refractivity contribution in [2.45, 2.75) is 32.6 Å². The second-order valence-corrected chi connectivity index (χ2v) is 4.14. The van der Waals surface area contributed by atoms with Crippen molar-refractivity contribution in [1.82, 2.24) is 5.43 Å². The average molecular weight is 264 g/mol. The van der Waals surface area contributed by atoms with Crippen LogP contribution in [-0.2, 0) is 4.79 Å². The van der Waals surface area contributed by atoms with Crippen molar-refractivity contribution < 1.29 is 14.6 Å². The number of aromatic hydroxyl groups is 1. The van der Waals surface area contributed by atoms with Gasteiger partial charge in [0.1, 0.15) is 0 Å². The Hall–Kier alpha value is -2.04. The molecule has 0 aliphatic heterocycles. The predicted octanol–water partition coefficient (Wildman–Crippen LogP) is 2.43. The zero-order valence-electron chi connectivity index (χ0n) is 11.1. The molecule has 0 aliphatic carbocycles. The topological polar surface area (TPSA) is 70.9 Å². The lowest BCUT2D eigenvalue weighted by Gasteiger charge is -2.08. The maximum atomic E-state index is 10.0. The van der Waals surface area contributed by atoms with E-state index in [1.54, 1.807) is 12.1 Å². The minimum atomic E-state index is 0.0746. The highest BCUT2D eigenvalue weighted by molar-refractivity contribution is 5.81. The van der Waals surface area contributed by atoms with Gasteiger partial charge in [-0.3, -0.25) is 4.79 Å². The van der Waals surface area contributed by atoms with Crippen molar-refractivity contribution in [1.29, 1.82) is 0 Å². The number of hydrogen-bond donors (Lipinski definition) is 2. The van der Waals surface area contributed by atoms with E-state index in [4.69, 9.17) is 4.74 Å². The Bertz CT molecular complexity index is 419. The summed E-state index contributed by atoms with van der Waals surface area (Å²) in [5.41, 5.74) is 2.85. The van der Waals surface area contributed by atoms with Gasteiger partial charge < -0.3 is 9.84 Å². The number of benzene rings is 1. The number of carbonyl (C=O) groups excluding carboxylic acids is 1. The first-order chi connectivity index (χ1) is 9.27. The van der Waals surface area contributed by atoms with Crippen LogP contribution in [0.5, 0.6) is 11.5 Å². The van der Waals surface area contributed by atoms with E-state index in [2.05, 4.69) is 17.5 Å². The summed E-state index contributed by atoms with van der Waals surface area (Å²) >= 11 is 0. The molecule has 0 radical (unpaired) electrons. The van der Waals surface area contributed by atoms with E-state index < -0.39 is 0 Å². The second-order valence-electron chi connectivity index (χ2n) is 4.14. The van der Waals surface area contributed by atoms with Gasteiger partial charge in [-0.25, -0.2) is 5.43 Å². The molecule has 0 spiro atoms. The van der Waals surface area contributed by atoms with Crippen LogP contribution in [0.15, 0.2) is 23.3 Å². The van der Waals surface area contributed by atoms with Crippen molar-refractivity contribution in [2.24, 2.45) is 5.10 Å². The Morgan fingerprint density at radius 2 is 2.21 bits per heavy atom. The molecule has 0 saturated heterocycles. The molecule has 19 heavy (non-hydrogen) atoms. The number of unbranched alkanes of at least 4 members (excludes halogenated alkanes) is 3. The molecule has 0 heterocycles. The lowest BCUT2D eigenvalue weighted by atomic mass is 10.2. The number of phenolic OH excluding ortho intramolecular Hbond substituents is 1. The number of hydrogen-bond acceptors (Lipinski definition) is 4. The van der Waals surface area contributed by atoms with Gasteiger partial charge in [0.2, 0.25) is 6.41 Å². The zero-order valence-corrected chi connectivity index (χ0v) is 11.1. The van der Waals surface area contributed by atoms with Crippen LogP contribution in [0, 0.1) is 0 Å². The Morgan fingerprint density at radius 1 is 1.37 bits per heavy atom. The van der Waals surface area contributed by atoms with Crippen LogP contribution in [0.25, 0.3) is 0 Å². The number of nitrogens with one attached hydrogen (secondary N) is 1. The molecule has 0 bridgehead atoms. The van der Waals surface area contributed by atoms with Gasteiger partial charge in [-0.15, -0.1) is 0 Å². The van der Waals surface area contributed by atoms with Crippen LogP contribution in [0.4, 0.5) is 0 Å². The molecule has 1 amide bonds. The van der Waals surface area contributed by atoms with Crippen LogP contribution in [0.1, 0.15) is 38.2 Å². The summed E-state index contributed by atoms with van der Waals surface area (Å²) in [4.78, 5) is 10.0. The van der Waals surface area contributed by atoms with Crippen LogP contribution in [0.3, 0.4) is 0 Å². The summed E-state index contributed by atoms with van der Waals surface area (Å²) in [6.45, 7) is 2.76. The molecule has 1 aromatic rings. The van der Waals surface area contributed by atoms with Crippen molar-refractivity contribution >= 4 is 12.6 Å². The fourth-order valence-electron chi connectivity index (χ4n) is 1.59. The normalized spacial score (nSPS) is 10.6. The number of hydrazone groups is 1. The van der Waals surface area contributed by atoms with Gasteiger partial charge in [0.25, 0.3) is 0 Å². The van der Waals surface area contributed by atoms with Gasteiger partial charge in [-0.1, -0.05) is 26.2 Å². The molecular weight excluding hydrogens is 244 g/mol. The highest BCUT2D eigenvalue weighted by atomic mass is 16.5. The molecule has 1 rings (SSSR count). The van der Waals surface area contributed by atoms with Gasteiger partial charge in [-0.2, -0.15) is 5.10 Å². The summed E-state index contributed by atoms with van der Waals surface area (Å²) in [5.74, 6) is 0.544. The molecule has 0 atom stereocenters. The molecule has 0 aromatic heterocycles. The highest BCUT2D eigenvalue weighted by Gasteiger charge is 2.02. The first-order valence-corrected chi connectivity index (χ1v) is 6.46. The summed E-state index contributed by atoms with van der Waals surface area (Å²) in [7, 11) is 0. The Labute approximate surface area is 113 Å². The second kappa shape index (κ2) is 8.97. The standard InChI is InChI=1S/C14H20N2O3/c1-2-3-4-5-8-19-14-7-6-12(9-13(14)18)10-15-16-11-17/h6-7,9-11,18H,2-5,8H2,1H3,(H,16,17)/b15-10+. The van der Waals surface area contributed by atoms with Gasteiger partial charge in [0.05, 0.1) is 12.8 Å². The molecule has 0 saturated carbocycles. The predicted molar refractivity (Wildman–Crippen MR) is 74.5 cm³/mol. The molecular formula is C14H20N2O3. The quantitative estimate of drug-likeness (QED) is 0.311. The number of ether oxygens (including phenoxy) is 1. The van der Waals surface area contributed by atoms with Crippen LogP contribution >= 0.6 is 0 Å². The molecule has 1 aromatic carbocycles. The summed E-state index contributed by atoms with van der Waals surface area (Å²) in [6, 6.07) is 4.99. The molecule has 5 heteroatoms. The minimum absolute atomic E-state index is 0.0746. The summed E-state index contributed by atoms with van der Waals surface area (Å²) in [5, 5.41) is 13.4. The number of rotatable bonds is 9. The zero-order chi connectivity index (χ0) is 13.9. The SMILES string of the molecule is CCCCCCOc1ccc(/C=N/NC=O)cc1O. The molecule has 0 unspecified atom stereocenters. The van der Waals surface area contributed by atoms with Crippen molar-refractivity contribution in [3.8, 4) is 11.5 Å². The van der Waals surface area contributed by atoms with E-state index in [0.717, 1.165) is 12.8 Å². The molecule has 104 valence electrons. The van der Waals surface area contributed by atoms with Crippen molar-refractivity contribution in [2.75, 3.05) is 6.61 Å². The van der Waals surface area contributed by atoms with Gasteiger partial charge in [-0.05, 0) is 30.2 Å². The highest BCUT2D eigenvalue weighted by Crippen LogP contribution is 2.26. The van der Waals surface area contributed by atoms with Crippen LogP contribution in [0.2, 0.25) is 0 Å². The molecule has 0 fully saturated rings. The third-order valence-corrected chi connectivity index (χ3v) is 2.58. The maximum Gasteiger partial charge on any atom is 0.227 e. The first kappa shape index (κ1) is 15.0. The Balaban J connectivity index is 2.45. The number of carbonyl (C=O) groups is 1. The van der Waals surface area contributed by atoms with Crippen LogP contribution in [-0.4, -0.2) is 24.3 Å². The van der Waals surface area contributed by atoms with E-state index in [9.17, 15) is 9.90 Å². The number of phenols is 1. The van der Waals surface area contributed by atoms with E-state index in [-0.39, 0.29) is 5.75 Å².